The predicted molar refractivity (Wildman–Crippen MR) is 51.6 cm³/mol. The van der Waals surface area contributed by atoms with Crippen molar-refractivity contribution in [2.45, 2.75) is 0 Å². The first kappa shape index (κ1) is 10.7. The van der Waals surface area contributed by atoms with E-state index in [1.165, 1.54) is 19.2 Å². The van der Waals surface area contributed by atoms with Crippen LogP contribution >= 0.6 is 0 Å². The van der Waals surface area contributed by atoms with Crippen LogP contribution in [0.5, 0.6) is 5.75 Å². The second-order valence-corrected chi connectivity index (χ2v) is 2.73. The summed E-state index contributed by atoms with van der Waals surface area (Å²) in [6.07, 6.45) is 0.546. The molecule has 15 heavy (non-hydrogen) atoms. The van der Waals surface area contributed by atoms with Gasteiger partial charge in [0.25, 0.3) is 0 Å². The lowest BCUT2D eigenvalue weighted by atomic mass is 10.0. The van der Waals surface area contributed by atoms with Crippen LogP contribution in [0.1, 0.15) is 26.3 Å². The number of nitrogens with two attached hydrogens (primary N) is 1. The lowest BCUT2D eigenvalue weighted by Gasteiger charge is -2.06. The van der Waals surface area contributed by atoms with Crippen LogP contribution < -0.4 is 10.5 Å². The molecule has 0 saturated heterocycles. The van der Waals surface area contributed by atoms with Crippen LogP contribution in [-0.2, 0) is 0 Å². The molecule has 5 heteroatoms. The molecule has 0 heterocycles. The number of primary amides is 1. The monoisotopic (exact) mass is 204 g/mol. The van der Waals surface area contributed by atoms with Crippen LogP contribution in [0, 0.1) is 11.3 Å². The number of hydrogen-bond acceptors (Lipinski definition) is 4. The van der Waals surface area contributed by atoms with E-state index < -0.39 is 5.91 Å². The van der Waals surface area contributed by atoms with Crippen LogP contribution in [-0.4, -0.2) is 19.3 Å². The van der Waals surface area contributed by atoms with E-state index in [9.17, 15) is 9.59 Å². The molecule has 2 N–H and O–H groups in total. The van der Waals surface area contributed by atoms with Crippen LogP contribution in [0.25, 0.3) is 0 Å². The van der Waals surface area contributed by atoms with Crippen molar-refractivity contribution in [3.63, 3.8) is 0 Å². The van der Waals surface area contributed by atoms with Gasteiger partial charge < -0.3 is 10.5 Å². The molecule has 76 valence electrons. The number of ether oxygens (including phenoxy) is 1. The Balaban J connectivity index is 3.49. The van der Waals surface area contributed by atoms with Gasteiger partial charge in [0, 0.05) is 0 Å². The third kappa shape index (κ3) is 1.94. The largest absolute Gasteiger partial charge is 0.496 e. The fraction of sp³-hybridized carbons (Fsp3) is 0.100. The molecule has 0 spiro atoms. The Morgan fingerprint density at radius 1 is 1.60 bits per heavy atom. The fourth-order valence-corrected chi connectivity index (χ4v) is 1.16. The van der Waals surface area contributed by atoms with Gasteiger partial charge in [-0.15, -0.1) is 0 Å². The molecule has 0 aliphatic carbocycles. The molecule has 1 aromatic carbocycles. The number of hydrogen-bond donors (Lipinski definition) is 1. The van der Waals surface area contributed by atoms with Crippen molar-refractivity contribution in [1.29, 1.82) is 5.26 Å². The molecule has 0 aliphatic heterocycles. The summed E-state index contributed by atoms with van der Waals surface area (Å²) in [5.41, 5.74) is 5.38. The highest BCUT2D eigenvalue weighted by molar-refractivity contribution is 5.97. The number of carbonyl (C=O) groups excluding carboxylic acids is 2. The first-order valence-corrected chi connectivity index (χ1v) is 4.01. The minimum absolute atomic E-state index is 0.0416. The third-order valence-electron chi connectivity index (χ3n) is 1.88. The summed E-state index contributed by atoms with van der Waals surface area (Å²) >= 11 is 0. The van der Waals surface area contributed by atoms with Crippen molar-refractivity contribution in [3.8, 4) is 11.8 Å². The molecule has 1 amide bonds. The Kier molecular flexibility index (Phi) is 3.03. The van der Waals surface area contributed by atoms with E-state index in [0.717, 1.165) is 0 Å². The second-order valence-electron chi connectivity index (χ2n) is 2.73. The van der Waals surface area contributed by atoms with Gasteiger partial charge in [-0.2, -0.15) is 5.26 Å². The number of amides is 1. The van der Waals surface area contributed by atoms with E-state index in [-0.39, 0.29) is 22.4 Å². The summed E-state index contributed by atoms with van der Waals surface area (Å²) in [6.45, 7) is 0. The summed E-state index contributed by atoms with van der Waals surface area (Å²) in [5, 5.41) is 8.74. The van der Waals surface area contributed by atoms with Gasteiger partial charge in [-0.1, -0.05) is 0 Å². The molecule has 0 unspecified atom stereocenters. The summed E-state index contributed by atoms with van der Waals surface area (Å²) < 4.78 is 4.88. The first-order valence-electron chi connectivity index (χ1n) is 4.01. The van der Waals surface area contributed by atoms with Crippen LogP contribution in [0.2, 0.25) is 0 Å². The van der Waals surface area contributed by atoms with Crippen LogP contribution in [0.15, 0.2) is 12.1 Å². The van der Waals surface area contributed by atoms with Crippen molar-refractivity contribution in [2.75, 3.05) is 7.11 Å². The second kappa shape index (κ2) is 4.24. The molecular weight excluding hydrogens is 196 g/mol. The van der Waals surface area contributed by atoms with Gasteiger partial charge in [-0.05, 0) is 12.1 Å². The SMILES string of the molecule is COc1cc(C(N)=O)c(C#N)cc1C=O. The molecule has 5 nitrogen and oxygen atoms in total. The molecule has 0 bridgehead atoms. The average Bonchev–Trinajstić information content (AvgIpc) is 2.26. The van der Waals surface area contributed by atoms with Gasteiger partial charge in [0.15, 0.2) is 6.29 Å². The predicted octanol–water partition coefficient (Wildman–Crippen LogP) is 0.478. The molecule has 1 aromatic rings. The van der Waals surface area contributed by atoms with Crippen LogP contribution in [0.4, 0.5) is 0 Å². The number of nitrogens with zero attached hydrogens (tertiary/aromatic N) is 1. The van der Waals surface area contributed by atoms with Gasteiger partial charge >= 0.3 is 0 Å². The molecule has 0 aromatic heterocycles. The van der Waals surface area contributed by atoms with Gasteiger partial charge in [0.2, 0.25) is 5.91 Å². The maximum absolute atomic E-state index is 11.0. The van der Waals surface area contributed by atoms with E-state index in [0.29, 0.717) is 6.29 Å². The van der Waals surface area contributed by atoms with E-state index >= 15 is 0 Å². The Bertz CT molecular complexity index is 460. The van der Waals surface area contributed by atoms with Crippen molar-refractivity contribution in [1.82, 2.24) is 0 Å². The number of aldehydes is 1. The summed E-state index contributed by atoms with van der Waals surface area (Å²) in [4.78, 5) is 21.6. The zero-order valence-corrected chi connectivity index (χ0v) is 7.98. The van der Waals surface area contributed by atoms with Crippen molar-refractivity contribution < 1.29 is 14.3 Å². The van der Waals surface area contributed by atoms with Gasteiger partial charge in [0.05, 0.1) is 29.9 Å². The summed E-state index contributed by atoms with van der Waals surface area (Å²) in [6, 6.07) is 4.34. The lowest BCUT2D eigenvalue weighted by molar-refractivity contribution is 0.0998. The van der Waals surface area contributed by atoms with Gasteiger partial charge in [-0.25, -0.2) is 0 Å². The number of nitriles is 1. The number of methoxy groups -OCH3 is 1. The first-order chi connectivity index (χ1) is 7.13. The van der Waals surface area contributed by atoms with E-state index in [1.54, 1.807) is 6.07 Å². The molecular formula is C10H8N2O3. The molecule has 0 saturated carbocycles. The minimum Gasteiger partial charge on any atom is -0.496 e. The van der Waals surface area contributed by atoms with Crippen molar-refractivity contribution in [2.24, 2.45) is 5.73 Å². The molecule has 0 fully saturated rings. The number of carbonyl (C=O) groups is 2. The highest BCUT2D eigenvalue weighted by atomic mass is 16.5. The van der Waals surface area contributed by atoms with E-state index in [2.05, 4.69) is 0 Å². The van der Waals surface area contributed by atoms with Gasteiger partial charge in [0.1, 0.15) is 5.75 Å². The topological polar surface area (TPSA) is 93.2 Å². The van der Waals surface area contributed by atoms with E-state index in [1.807, 2.05) is 0 Å². The molecule has 1 rings (SSSR count). The summed E-state index contributed by atoms with van der Waals surface area (Å²) in [7, 11) is 1.36. The smallest absolute Gasteiger partial charge is 0.250 e. The fourth-order valence-electron chi connectivity index (χ4n) is 1.16. The molecule has 0 radical (unpaired) electrons. The van der Waals surface area contributed by atoms with Crippen molar-refractivity contribution >= 4 is 12.2 Å². The number of rotatable bonds is 3. The Morgan fingerprint density at radius 2 is 2.27 bits per heavy atom. The number of benzene rings is 1. The highest BCUT2D eigenvalue weighted by Gasteiger charge is 2.13. The highest BCUT2D eigenvalue weighted by Crippen LogP contribution is 2.21. The normalized spacial score (nSPS) is 9.07. The summed E-state index contributed by atoms with van der Waals surface area (Å²) in [5.74, 6) is -0.514. The Morgan fingerprint density at radius 3 is 2.67 bits per heavy atom. The zero-order valence-electron chi connectivity index (χ0n) is 7.98. The van der Waals surface area contributed by atoms with Gasteiger partial charge in [-0.3, -0.25) is 9.59 Å². The molecule has 0 aliphatic rings. The maximum atomic E-state index is 11.0. The maximum Gasteiger partial charge on any atom is 0.250 e. The Labute approximate surface area is 86.1 Å². The lowest BCUT2D eigenvalue weighted by Crippen LogP contribution is -2.13. The average molecular weight is 204 g/mol. The molecule has 0 atom stereocenters. The zero-order chi connectivity index (χ0) is 11.4. The van der Waals surface area contributed by atoms with E-state index in [4.69, 9.17) is 15.7 Å². The Hall–Kier alpha value is -2.35. The standard InChI is InChI=1S/C10H8N2O3/c1-15-9-3-8(10(12)14)6(4-11)2-7(9)5-13/h2-3,5H,1H3,(H2,12,14). The van der Waals surface area contributed by atoms with Crippen LogP contribution in [0.3, 0.4) is 0 Å². The van der Waals surface area contributed by atoms with Crippen molar-refractivity contribution in [3.05, 3.63) is 28.8 Å². The third-order valence-corrected chi connectivity index (χ3v) is 1.88. The minimum atomic E-state index is -0.734. The quantitative estimate of drug-likeness (QED) is 0.724.